The van der Waals surface area contributed by atoms with Gasteiger partial charge in [-0.25, -0.2) is 0 Å². The Labute approximate surface area is 137 Å². The van der Waals surface area contributed by atoms with Gasteiger partial charge < -0.3 is 15.7 Å². The summed E-state index contributed by atoms with van der Waals surface area (Å²) in [7, 11) is 1.78. The van der Waals surface area contributed by atoms with E-state index in [2.05, 4.69) is 31.4 Å². The van der Waals surface area contributed by atoms with E-state index in [1.54, 1.807) is 7.05 Å². The zero-order chi connectivity index (χ0) is 17.2. The molecule has 0 heterocycles. The van der Waals surface area contributed by atoms with Crippen molar-refractivity contribution in [1.82, 2.24) is 10.6 Å². The normalized spacial score (nSPS) is 21.6. The Balaban J connectivity index is 2.14. The smallest absolute Gasteiger partial charge is 0.311 e. The van der Waals surface area contributed by atoms with E-state index in [-0.39, 0.29) is 23.4 Å². The van der Waals surface area contributed by atoms with Crippen LogP contribution in [0.5, 0.6) is 0 Å². The van der Waals surface area contributed by atoms with Gasteiger partial charge in [0, 0.05) is 0 Å². The van der Waals surface area contributed by atoms with Crippen LogP contribution in [0.4, 0.5) is 0 Å². The SMILES string of the molecule is CNC(CC(C)(C)C)C(=O)NC1CC(C(=O)O)c2ccccc21. The lowest BCUT2D eigenvalue weighted by atomic mass is 9.87. The molecule has 0 spiro atoms. The summed E-state index contributed by atoms with van der Waals surface area (Å²) < 4.78 is 0. The number of fused-ring (bicyclic) bond motifs is 1. The average Bonchev–Trinajstić information content (AvgIpc) is 2.83. The summed E-state index contributed by atoms with van der Waals surface area (Å²) in [6.45, 7) is 6.28. The molecular formula is C18H26N2O3. The lowest BCUT2D eigenvalue weighted by molar-refractivity contribution is -0.139. The minimum Gasteiger partial charge on any atom is -0.481 e. The molecule has 1 aromatic rings. The van der Waals surface area contributed by atoms with E-state index in [1.807, 2.05) is 24.3 Å². The number of hydrogen-bond donors (Lipinski definition) is 3. The molecule has 3 N–H and O–H groups in total. The number of hydrogen-bond acceptors (Lipinski definition) is 3. The molecule has 2 rings (SSSR count). The van der Waals surface area contributed by atoms with E-state index < -0.39 is 11.9 Å². The Morgan fingerprint density at radius 1 is 1.26 bits per heavy atom. The van der Waals surface area contributed by atoms with Crippen LogP contribution in [0.1, 0.15) is 56.7 Å². The van der Waals surface area contributed by atoms with E-state index in [9.17, 15) is 14.7 Å². The van der Waals surface area contributed by atoms with Crippen molar-refractivity contribution >= 4 is 11.9 Å². The van der Waals surface area contributed by atoms with Gasteiger partial charge in [-0.1, -0.05) is 45.0 Å². The molecule has 0 bridgehead atoms. The molecule has 23 heavy (non-hydrogen) atoms. The van der Waals surface area contributed by atoms with Gasteiger partial charge in [-0.2, -0.15) is 0 Å². The van der Waals surface area contributed by atoms with Gasteiger partial charge >= 0.3 is 5.97 Å². The van der Waals surface area contributed by atoms with Crippen LogP contribution >= 0.6 is 0 Å². The first-order chi connectivity index (χ1) is 10.7. The Morgan fingerprint density at radius 3 is 2.39 bits per heavy atom. The number of amides is 1. The van der Waals surface area contributed by atoms with Gasteiger partial charge in [0.15, 0.2) is 0 Å². The van der Waals surface area contributed by atoms with Crippen molar-refractivity contribution < 1.29 is 14.7 Å². The molecule has 0 fully saturated rings. The van der Waals surface area contributed by atoms with Gasteiger partial charge in [-0.05, 0) is 36.4 Å². The quantitative estimate of drug-likeness (QED) is 0.779. The largest absolute Gasteiger partial charge is 0.481 e. The molecule has 5 nitrogen and oxygen atoms in total. The number of carbonyl (C=O) groups excluding carboxylic acids is 1. The summed E-state index contributed by atoms with van der Waals surface area (Å²) in [5.74, 6) is -1.46. The van der Waals surface area contributed by atoms with Crippen LogP contribution in [0.3, 0.4) is 0 Å². The maximum absolute atomic E-state index is 12.6. The molecule has 1 aliphatic rings. The maximum atomic E-state index is 12.6. The topological polar surface area (TPSA) is 78.4 Å². The van der Waals surface area contributed by atoms with Gasteiger partial charge in [0.1, 0.15) is 0 Å². The predicted octanol–water partition coefficient (Wildman–Crippen LogP) is 2.44. The third kappa shape index (κ3) is 4.10. The minimum atomic E-state index is -0.839. The van der Waals surface area contributed by atoms with Crippen LogP contribution < -0.4 is 10.6 Å². The van der Waals surface area contributed by atoms with E-state index in [0.717, 1.165) is 11.1 Å². The van der Waals surface area contributed by atoms with Gasteiger partial charge in [0.2, 0.25) is 5.91 Å². The van der Waals surface area contributed by atoms with E-state index >= 15 is 0 Å². The summed E-state index contributed by atoms with van der Waals surface area (Å²) in [5.41, 5.74) is 1.75. The molecule has 3 atom stereocenters. The second-order valence-electron chi connectivity index (χ2n) is 7.42. The monoisotopic (exact) mass is 318 g/mol. The van der Waals surface area contributed by atoms with Crippen molar-refractivity contribution in [3.8, 4) is 0 Å². The Hall–Kier alpha value is -1.88. The van der Waals surface area contributed by atoms with Gasteiger partial charge in [0.25, 0.3) is 0 Å². The number of carbonyl (C=O) groups is 2. The fourth-order valence-corrected chi connectivity index (χ4v) is 3.22. The highest BCUT2D eigenvalue weighted by Gasteiger charge is 2.36. The molecule has 0 saturated carbocycles. The summed E-state index contributed by atoms with van der Waals surface area (Å²) in [6, 6.07) is 6.94. The number of nitrogens with one attached hydrogen (secondary N) is 2. The minimum absolute atomic E-state index is 0.0300. The maximum Gasteiger partial charge on any atom is 0.311 e. The molecule has 126 valence electrons. The second-order valence-corrected chi connectivity index (χ2v) is 7.42. The number of aliphatic carboxylic acids is 1. The summed E-state index contributed by atoms with van der Waals surface area (Å²) in [6.07, 6.45) is 1.12. The fraction of sp³-hybridized carbons (Fsp3) is 0.556. The highest BCUT2D eigenvalue weighted by Crippen LogP contribution is 2.40. The highest BCUT2D eigenvalue weighted by atomic mass is 16.4. The number of carboxylic acids is 1. The first-order valence-electron chi connectivity index (χ1n) is 8.02. The van der Waals surface area contributed by atoms with Crippen molar-refractivity contribution in [1.29, 1.82) is 0 Å². The van der Waals surface area contributed by atoms with Crippen LogP contribution in [-0.4, -0.2) is 30.1 Å². The van der Waals surface area contributed by atoms with Crippen LogP contribution in [-0.2, 0) is 9.59 Å². The van der Waals surface area contributed by atoms with Gasteiger partial charge in [0.05, 0.1) is 18.0 Å². The van der Waals surface area contributed by atoms with Crippen molar-refractivity contribution in [3.63, 3.8) is 0 Å². The Kier molecular flexibility index (Phi) is 5.09. The molecule has 0 aliphatic heterocycles. The van der Waals surface area contributed by atoms with Crippen LogP contribution in [0.2, 0.25) is 0 Å². The number of likely N-dealkylation sites (N-methyl/N-ethyl adjacent to an activating group) is 1. The Morgan fingerprint density at radius 2 is 1.87 bits per heavy atom. The lowest BCUT2D eigenvalue weighted by Gasteiger charge is -2.26. The summed E-state index contributed by atoms with van der Waals surface area (Å²) in [4.78, 5) is 24.0. The van der Waals surface area contributed by atoms with E-state index in [1.165, 1.54) is 0 Å². The summed E-state index contributed by atoms with van der Waals surface area (Å²) >= 11 is 0. The Bertz CT molecular complexity index is 592. The van der Waals surface area contributed by atoms with Crippen molar-refractivity contribution in [3.05, 3.63) is 35.4 Å². The summed E-state index contributed by atoms with van der Waals surface area (Å²) in [5, 5.41) is 15.5. The van der Waals surface area contributed by atoms with Crippen LogP contribution in [0.15, 0.2) is 24.3 Å². The molecule has 0 saturated heterocycles. The molecule has 5 heteroatoms. The number of benzene rings is 1. The predicted molar refractivity (Wildman–Crippen MR) is 89.2 cm³/mol. The van der Waals surface area contributed by atoms with Gasteiger partial charge in [-0.3, -0.25) is 9.59 Å². The van der Waals surface area contributed by atoms with Gasteiger partial charge in [-0.15, -0.1) is 0 Å². The average molecular weight is 318 g/mol. The molecule has 0 radical (unpaired) electrons. The van der Waals surface area contributed by atoms with E-state index in [0.29, 0.717) is 12.8 Å². The standard InChI is InChI=1S/C18H26N2O3/c1-18(2,3)10-15(19-4)16(21)20-14-9-13(17(22)23)11-7-5-6-8-12(11)14/h5-8,13-15,19H,9-10H2,1-4H3,(H,20,21)(H,22,23). The van der Waals surface area contributed by atoms with Crippen LogP contribution in [0.25, 0.3) is 0 Å². The van der Waals surface area contributed by atoms with E-state index in [4.69, 9.17) is 0 Å². The second kappa shape index (κ2) is 6.71. The first kappa shape index (κ1) is 17.5. The number of carboxylic acid groups (broad SMARTS) is 1. The highest BCUT2D eigenvalue weighted by molar-refractivity contribution is 5.83. The van der Waals surface area contributed by atoms with Crippen molar-refractivity contribution in [2.45, 2.75) is 51.6 Å². The number of rotatable bonds is 5. The molecule has 1 aromatic carbocycles. The third-order valence-corrected chi connectivity index (χ3v) is 4.31. The van der Waals surface area contributed by atoms with Crippen LogP contribution in [0, 0.1) is 5.41 Å². The zero-order valence-electron chi connectivity index (χ0n) is 14.2. The molecule has 3 unspecified atom stereocenters. The first-order valence-corrected chi connectivity index (χ1v) is 8.02. The van der Waals surface area contributed by atoms with Crippen molar-refractivity contribution in [2.75, 3.05) is 7.05 Å². The molecule has 0 aromatic heterocycles. The third-order valence-electron chi connectivity index (χ3n) is 4.31. The lowest BCUT2D eigenvalue weighted by Crippen LogP contribution is -2.45. The molecule has 1 aliphatic carbocycles. The zero-order valence-corrected chi connectivity index (χ0v) is 14.2. The fourth-order valence-electron chi connectivity index (χ4n) is 3.22. The van der Waals surface area contributed by atoms with Crippen molar-refractivity contribution in [2.24, 2.45) is 5.41 Å². The molecule has 1 amide bonds. The molecular weight excluding hydrogens is 292 g/mol.